The number of carbonyl (C=O) groups is 1. The van der Waals surface area contributed by atoms with Gasteiger partial charge in [-0.05, 0) is 36.1 Å². The molecule has 4 heteroatoms. The van der Waals surface area contributed by atoms with Crippen molar-refractivity contribution < 1.29 is 9.90 Å². The van der Waals surface area contributed by atoms with Crippen molar-refractivity contribution in [2.75, 3.05) is 6.61 Å². The predicted octanol–water partition coefficient (Wildman–Crippen LogP) is 2.69. The van der Waals surface area contributed by atoms with E-state index in [-0.39, 0.29) is 24.0 Å². The molecule has 2 aromatic rings. The summed E-state index contributed by atoms with van der Waals surface area (Å²) in [4.78, 5) is 15.4. The first kappa shape index (κ1) is 14.6. The summed E-state index contributed by atoms with van der Waals surface area (Å²) in [6, 6.07) is 7.48. The van der Waals surface area contributed by atoms with Crippen LogP contribution in [0, 0.1) is 5.41 Å². The van der Waals surface area contributed by atoms with Gasteiger partial charge in [0.15, 0.2) is 0 Å². The molecular weight excluding hydrogens is 252 g/mol. The Balaban J connectivity index is 2.17. The van der Waals surface area contributed by atoms with Crippen molar-refractivity contribution in [3.05, 3.63) is 36.0 Å². The lowest BCUT2D eigenvalue weighted by molar-refractivity contribution is 0.0885. The molecule has 0 aliphatic rings. The van der Waals surface area contributed by atoms with E-state index in [0.717, 1.165) is 10.9 Å². The highest BCUT2D eigenvalue weighted by atomic mass is 16.3. The first-order valence-electron chi connectivity index (χ1n) is 6.90. The molecule has 108 valence electrons. The molecule has 4 nitrogen and oxygen atoms in total. The van der Waals surface area contributed by atoms with Gasteiger partial charge in [0.2, 0.25) is 0 Å². The Labute approximate surface area is 119 Å². The van der Waals surface area contributed by atoms with E-state index in [2.05, 4.69) is 31.1 Å². The number of H-pyrrole nitrogens is 1. The average Bonchev–Trinajstić information content (AvgIpc) is 2.84. The van der Waals surface area contributed by atoms with Gasteiger partial charge in [0, 0.05) is 35.3 Å². The number of fused-ring (bicyclic) bond motifs is 1. The Morgan fingerprint density at radius 1 is 1.35 bits per heavy atom. The average molecular weight is 274 g/mol. The van der Waals surface area contributed by atoms with Gasteiger partial charge in [-0.2, -0.15) is 0 Å². The molecule has 0 radical (unpaired) electrons. The van der Waals surface area contributed by atoms with Crippen molar-refractivity contribution in [1.82, 2.24) is 10.3 Å². The van der Waals surface area contributed by atoms with Crippen LogP contribution in [0.3, 0.4) is 0 Å². The molecular formula is C16H22N2O2. The van der Waals surface area contributed by atoms with Gasteiger partial charge in [0.1, 0.15) is 0 Å². The summed E-state index contributed by atoms with van der Waals surface area (Å²) in [5, 5.41) is 13.2. The topological polar surface area (TPSA) is 65.1 Å². The van der Waals surface area contributed by atoms with E-state index >= 15 is 0 Å². The van der Waals surface area contributed by atoms with Gasteiger partial charge in [-0.3, -0.25) is 4.79 Å². The molecule has 1 atom stereocenters. The molecule has 0 aliphatic heterocycles. The lowest BCUT2D eigenvalue weighted by Gasteiger charge is -2.31. The summed E-state index contributed by atoms with van der Waals surface area (Å²) in [5.74, 6) is -0.0959. The van der Waals surface area contributed by atoms with E-state index in [9.17, 15) is 4.79 Å². The zero-order valence-electron chi connectivity index (χ0n) is 12.2. The van der Waals surface area contributed by atoms with Gasteiger partial charge in [-0.15, -0.1) is 0 Å². The zero-order chi connectivity index (χ0) is 14.8. The third kappa shape index (κ3) is 3.20. The fraction of sp³-hybridized carbons (Fsp3) is 0.438. The van der Waals surface area contributed by atoms with Crippen molar-refractivity contribution in [3.63, 3.8) is 0 Å². The van der Waals surface area contributed by atoms with E-state index < -0.39 is 0 Å². The van der Waals surface area contributed by atoms with E-state index in [4.69, 9.17) is 5.11 Å². The Hall–Kier alpha value is -1.81. The van der Waals surface area contributed by atoms with Crippen LogP contribution in [0.1, 0.15) is 37.6 Å². The number of hydrogen-bond acceptors (Lipinski definition) is 2. The van der Waals surface area contributed by atoms with Crippen molar-refractivity contribution >= 4 is 16.8 Å². The van der Waals surface area contributed by atoms with Crippen molar-refractivity contribution in [2.45, 2.75) is 33.2 Å². The van der Waals surface area contributed by atoms with Crippen LogP contribution in [0.4, 0.5) is 0 Å². The Kier molecular flexibility index (Phi) is 4.14. The van der Waals surface area contributed by atoms with Crippen LogP contribution in [-0.2, 0) is 0 Å². The van der Waals surface area contributed by atoms with Crippen LogP contribution in [0.5, 0.6) is 0 Å². The molecule has 1 amide bonds. The molecule has 1 aromatic carbocycles. The maximum atomic E-state index is 12.3. The lowest BCUT2D eigenvalue weighted by Crippen LogP contribution is -2.44. The SMILES string of the molecule is CC(C)(C)C(CCO)NC(=O)c1ccc2[nH]ccc2c1. The fourth-order valence-electron chi connectivity index (χ4n) is 2.29. The molecule has 0 fully saturated rings. The van der Waals surface area contributed by atoms with Crippen molar-refractivity contribution in [1.29, 1.82) is 0 Å². The first-order chi connectivity index (χ1) is 9.41. The third-order valence-corrected chi connectivity index (χ3v) is 3.58. The number of rotatable bonds is 4. The van der Waals surface area contributed by atoms with Gasteiger partial charge in [0.05, 0.1) is 0 Å². The molecule has 1 aromatic heterocycles. The van der Waals surface area contributed by atoms with E-state index in [1.54, 1.807) is 0 Å². The summed E-state index contributed by atoms with van der Waals surface area (Å²) in [6.07, 6.45) is 2.41. The van der Waals surface area contributed by atoms with Crippen LogP contribution in [-0.4, -0.2) is 28.6 Å². The van der Waals surface area contributed by atoms with E-state index in [1.165, 1.54) is 0 Å². The maximum Gasteiger partial charge on any atom is 0.251 e. The largest absolute Gasteiger partial charge is 0.396 e. The molecule has 20 heavy (non-hydrogen) atoms. The molecule has 3 N–H and O–H groups in total. The first-order valence-corrected chi connectivity index (χ1v) is 6.90. The maximum absolute atomic E-state index is 12.3. The monoisotopic (exact) mass is 274 g/mol. The molecule has 0 saturated heterocycles. The number of carbonyl (C=O) groups excluding carboxylic acids is 1. The normalized spacial score (nSPS) is 13.4. The van der Waals surface area contributed by atoms with E-state index in [1.807, 2.05) is 30.5 Å². The predicted molar refractivity (Wildman–Crippen MR) is 80.7 cm³/mol. The van der Waals surface area contributed by atoms with Gasteiger partial charge >= 0.3 is 0 Å². The zero-order valence-corrected chi connectivity index (χ0v) is 12.2. The number of aliphatic hydroxyl groups excluding tert-OH is 1. The minimum Gasteiger partial charge on any atom is -0.396 e. The highest BCUT2D eigenvalue weighted by Gasteiger charge is 2.26. The Bertz CT molecular complexity index is 596. The number of aliphatic hydroxyl groups is 1. The number of benzene rings is 1. The Morgan fingerprint density at radius 3 is 2.75 bits per heavy atom. The van der Waals surface area contributed by atoms with Crippen LogP contribution in [0.25, 0.3) is 10.9 Å². The molecule has 0 spiro atoms. The molecule has 0 aliphatic carbocycles. The van der Waals surface area contributed by atoms with Gasteiger partial charge in [-0.1, -0.05) is 20.8 Å². The highest BCUT2D eigenvalue weighted by molar-refractivity contribution is 5.98. The smallest absolute Gasteiger partial charge is 0.251 e. The van der Waals surface area contributed by atoms with Crippen molar-refractivity contribution in [3.8, 4) is 0 Å². The number of aromatic amines is 1. The molecule has 0 saturated carbocycles. The van der Waals surface area contributed by atoms with Gasteiger partial charge in [0.25, 0.3) is 5.91 Å². The summed E-state index contributed by atoms with van der Waals surface area (Å²) in [6.45, 7) is 6.24. The van der Waals surface area contributed by atoms with Crippen LogP contribution in [0.2, 0.25) is 0 Å². The molecule has 2 rings (SSSR count). The second kappa shape index (κ2) is 5.67. The Morgan fingerprint density at radius 2 is 2.10 bits per heavy atom. The number of hydrogen-bond donors (Lipinski definition) is 3. The summed E-state index contributed by atoms with van der Waals surface area (Å²) in [5.41, 5.74) is 1.57. The van der Waals surface area contributed by atoms with Crippen LogP contribution >= 0.6 is 0 Å². The second-order valence-corrected chi connectivity index (χ2v) is 6.18. The second-order valence-electron chi connectivity index (χ2n) is 6.18. The lowest BCUT2D eigenvalue weighted by atomic mass is 9.84. The summed E-state index contributed by atoms with van der Waals surface area (Å²) in [7, 11) is 0. The minimum atomic E-state index is -0.0959. The molecule has 1 unspecified atom stereocenters. The molecule has 1 heterocycles. The van der Waals surface area contributed by atoms with E-state index in [0.29, 0.717) is 12.0 Å². The third-order valence-electron chi connectivity index (χ3n) is 3.58. The standard InChI is InChI=1S/C16H22N2O2/c1-16(2,3)14(7-9-19)18-15(20)12-4-5-13-11(10-12)6-8-17-13/h4-6,8,10,14,17,19H,7,9H2,1-3H3,(H,18,20). The number of amides is 1. The summed E-state index contributed by atoms with van der Waals surface area (Å²) >= 11 is 0. The quantitative estimate of drug-likeness (QED) is 0.802. The van der Waals surface area contributed by atoms with Crippen LogP contribution in [0.15, 0.2) is 30.5 Å². The number of aromatic nitrogens is 1. The fourth-order valence-corrected chi connectivity index (χ4v) is 2.29. The minimum absolute atomic E-state index is 0.0538. The summed E-state index contributed by atoms with van der Waals surface area (Å²) < 4.78 is 0. The van der Waals surface area contributed by atoms with Gasteiger partial charge < -0.3 is 15.4 Å². The number of nitrogens with one attached hydrogen (secondary N) is 2. The molecule has 0 bridgehead atoms. The van der Waals surface area contributed by atoms with Gasteiger partial charge in [-0.25, -0.2) is 0 Å². The highest BCUT2D eigenvalue weighted by Crippen LogP contribution is 2.22. The van der Waals surface area contributed by atoms with Crippen LogP contribution < -0.4 is 5.32 Å². The van der Waals surface area contributed by atoms with Crippen molar-refractivity contribution in [2.24, 2.45) is 5.41 Å².